The van der Waals surface area contributed by atoms with E-state index in [4.69, 9.17) is 4.74 Å². The van der Waals surface area contributed by atoms with Gasteiger partial charge in [-0.2, -0.15) is 0 Å². The first-order valence-electron chi connectivity index (χ1n) is 5.64. The van der Waals surface area contributed by atoms with Gasteiger partial charge in [-0.1, -0.05) is 0 Å². The molecule has 0 amide bonds. The number of nitrogens with one attached hydrogen (secondary N) is 1. The van der Waals surface area contributed by atoms with E-state index >= 15 is 0 Å². The van der Waals surface area contributed by atoms with Crippen molar-refractivity contribution in [2.75, 3.05) is 13.2 Å². The quantitative estimate of drug-likeness (QED) is 0.722. The molecular formula is C12H18N2O. The molecule has 1 aliphatic rings. The molecule has 3 heteroatoms. The summed E-state index contributed by atoms with van der Waals surface area (Å²) in [7, 11) is 0. The Kier molecular flexibility index (Phi) is 3.56. The summed E-state index contributed by atoms with van der Waals surface area (Å²) in [6.07, 6.45) is 5.55. The van der Waals surface area contributed by atoms with Crippen LogP contribution in [0.1, 0.15) is 25.0 Å². The first-order valence-corrected chi connectivity index (χ1v) is 5.64. The van der Waals surface area contributed by atoms with E-state index in [1.165, 1.54) is 12.8 Å². The van der Waals surface area contributed by atoms with E-state index in [2.05, 4.69) is 10.3 Å². The van der Waals surface area contributed by atoms with Crippen molar-refractivity contribution in [3.8, 4) is 5.75 Å². The lowest BCUT2D eigenvalue weighted by Gasteiger charge is -2.08. The predicted octanol–water partition coefficient (Wildman–Crippen LogP) is 1.91. The van der Waals surface area contributed by atoms with Gasteiger partial charge in [-0.05, 0) is 44.9 Å². The van der Waals surface area contributed by atoms with Crippen LogP contribution in [-0.4, -0.2) is 24.2 Å². The van der Waals surface area contributed by atoms with Crippen LogP contribution < -0.4 is 10.1 Å². The molecule has 1 aliphatic carbocycles. The van der Waals surface area contributed by atoms with Crippen LogP contribution in [0, 0.1) is 6.92 Å². The lowest BCUT2D eigenvalue weighted by Crippen LogP contribution is -2.19. The highest BCUT2D eigenvalue weighted by molar-refractivity contribution is 5.25. The second kappa shape index (κ2) is 5.12. The molecule has 0 bridgehead atoms. The van der Waals surface area contributed by atoms with Crippen LogP contribution in [0.4, 0.5) is 0 Å². The summed E-state index contributed by atoms with van der Waals surface area (Å²) in [5.74, 6) is 0.906. The van der Waals surface area contributed by atoms with Crippen LogP contribution in [0.15, 0.2) is 18.3 Å². The van der Waals surface area contributed by atoms with Gasteiger partial charge in [0.05, 0.1) is 12.3 Å². The highest BCUT2D eigenvalue weighted by Gasteiger charge is 2.19. The molecule has 0 unspecified atom stereocenters. The predicted molar refractivity (Wildman–Crippen MR) is 60.1 cm³/mol. The van der Waals surface area contributed by atoms with Crippen LogP contribution in [0.2, 0.25) is 0 Å². The van der Waals surface area contributed by atoms with E-state index in [0.29, 0.717) is 0 Å². The molecule has 82 valence electrons. The Hall–Kier alpha value is -1.09. The van der Waals surface area contributed by atoms with Gasteiger partial charge in [0.25, 0.3) is 0 Å². The molecule has 0 aliphatic heterocycles. The minimum atomic E-state index is 0.770. The third-order valence-electron chi connectivity index (χ3n) is 2.55. The molecule has 2 rings (SSSR count). The van der Waals surface area contributed by atoms with Gasteiger partial charge in [-0.3, -0.25) is 4.98 Å². The number of nitrogens with zero attached hydrogens (tertiary/aromatic N) is 1. The maximum absolute atomic E-state index is 5.64. The SMILES string of the molecule is Cc1ncccc1OCCCNC1CC1. The fourth-order valence-corrected chi connectivity index (χ4v) is 1.47. The van der Waals surface area contributed by atoms with Crippen LogP contribution in [0.25, 0.3) is 0 Å². The Balaban J connectivity index is 1.62. The Morgan fingerprint density at radius 2 is 2.40 bits per heavy atom. The van der Waals surface area contributed by atoms with Gasteiger partial charge in [-0.15, -0.1) is 0 Å². The first-order chi connectivity index (χ1) is 7.36. The molecule has 1 heterocycles. The number of aromatic nitrogens is 1. The fraction of sp³-hybridized carbons (Fsp3) is 0.583. The van der Waals surface area contributed by atoms with Gasteiger partial charge >= 0.3 is 0 Å². The maximum Gasteiger partial charge on any atom is 0.140 e. The monoisotopic (exact) mass is 206 g/mol. The summed E-state index contributed by atoms with van der Waals surface area (Å²) in [5, 5.41) is 3.46. The fourth-order valence-electron chi connectivity index (χ4n) is 1.47. The molecule has 0 atom stereocenters. The molecule has 15 heavy (non-hydrogen) atoms. The maximum atomic E-state index is 5.64. The Morgan fingerprint density at radius 1 is 1.53 bits per heavy atom. The number of ether oxygens (including phenoxy) is 1. The second-order valence-electron chi connectivity index (χ2n) is 4.02. The van der Waals surface area contributed by atoms with Crippen LogP contribution in [-0.2, 0) is 0 Å². The van der Waals surface area contributed by atoms with Gasteiger partial charge in [0.1, 0.15) is 5.75 Å². The van der Waals surface area contributed by atoms with Crippen molar-refractivity contribution in [1.29, 1.82) is 0 Å². The summed E-state index contributed by atoms with van der Waals surface area (Å²) in [6, 6.07) is 4.67. The number of hydrogen-bond acceptors (Lipinski definition) is 3. The van der Waals surface area contributed by atoms with Crippen LogP contribution >= 0.6 is 0 Å². The second-order valence-corrected chi connectivity index (χ2v) is 4.02. The smallest absolute Gasteiger partial charge is 0.140 e. The topological polar surface area (TPSA) is 34.1 Å². The van der Waals surface area contributed by atoms with Gasteiger partial charge in [-0.25, -0.2) is 0 Å². The molecule has 1 fully saturated rings. The summed E-state index contributed by atoms with van der Waals surface area (Å²) >= 11 is 0. The van der Waals surface area contributed by atoms with Gasteiger partial charge in [0, 0.05) is 12.2 Å². The van der Waals surface area contributed by atoms with Crippen LogP contribution in [0.5, 0.6) is 5.75 Å². The largest absolute Gasteiger partial charge is 0.492 e. The molecule has 0 saturated heterocycles. The minimum absolute atomic E-state index is 0.770. The van der Waals surface area contributed by atoms with E-state index in [1.54, 1.807) is 6.20 Å². The molecule has 1 aromatic heterocycles. The number of pyridine rings is 1. The Bertz CT molecular complexity index is 310. The normalized spacial score (nSPS) is 15.3. The summed E-state index contributed by atoms with van der Waals surface area (Å²) in [5.41, 5.74) is 0.965. The zero-order chi connectivity index (χ0) is 10.5. The molecule has 3 nitrogen and oxygen atoms in total. The van der Waals surface area contributed by atoms with Crippen molar-refractivity contribution in [1.82, 2.24) is 10.3 Å². The van der Waals surface area contributed by atoms with E-state index in [9.17, 15) is 0 Å². The first kappa shape index (κ1) is 10.4. The highest BCUT2D eigenvalue weighted by Crippen LogP contribution is 2.18. The highest BCUT2D eigenvalue weighted by atomic mass is 16.5. The molecule has 1 aromatic rings. The number of hydrogen-bond donors (Lipinski definition) is 1. The molecule has 0 radical (unpaired) electrons. The molecule has 1 saturated carbocycles. The number of aryl methyl sites for hydroxylation is 1. The van der Waals surface area contributed by atoms with Crippen molar-refractivity contribution in [2.24, 2.45) is 0 Å². The van der Waals surface area contributed by atoms with Crippen molar-refractivity contribution < 1.29 is 4.74 Å². The van der Waals surface area contributed by atoms with E-state index in [0.717, 1.165) is 37.1 Å². The van der Waals surface area contributed by atoms with Gasteiger partial charge in [0.15, 0.2) is 0 Å². The Labute approximate surface area is 90.9 Å². The van der Waals surface area contributed by atoms with E-state index < -0.39 is 0 Å². The third kappa shape index (κ3) is 3.51. The van der Waals surface area contributed by atoms with Crippen molar-refractivity contribution in [3.63, 3.8) is 0 Å². The van der Waals surface area contributed by atoms with Crippen molar-refractivity contribution in [3.05, 3.63) is 24.0 Å². The van der Waals surface area contributed by atoms with E-state index in [1.807, 2.05) is 19.1 Å². The summed E-state index contributed by atoms with van der Waals surface area (Å²) in [4.78, 5) is 4.18. The van der Waals surface area contributed by atoms with Crippen LogP contribution in [0.3, 0.4) is 0 Å². The average Bonchev–Trinajstić information content (AvgIpc) is 3.04. The number of rotatable bonds is 6. The third-order valence-corrected chi connectivity index (χ3v) is 2.55. The summed E-state index contributed by atoms with van der Waals surface area (Å²) in [6.45, 7) is 3.80. The minimum Gasteiger partial charge on any atom is -0.492 e. The molecule has 0 spiro atoms. The Morgan fingerprint density at radius 3 is 3.13 bits per heavy atom. The zero-order valence-electron chi connectivity index (χ0n) is 9.20. The van der Waals surface area contributed by atoms with Gasteiger partial charge < -0.3 is 10.1 Å². The lowest BCUT2D eigenvalue weighted by atomic mass is 10.3. The summed E-state index contributed by atoms with van der Waals surface area (Å²) < 4.78 is 5.64. The molecule has 0 aromatic carbocycles. The zero-order valence-corrected chi connectivity index (χ0v) is 9.20. The van der Waals surface area contributed by atoms with Crippen molar-refractivity contribution >= 4 is 0 Å². The van der Waals surface area contributed by atoms with Crippen molar-refractivity contribution in [2.45, 2.75) is 32.2 Å². The standard InChI is InChI=1S/C12H18N2O/c1-10-12(4-2-7-13-10)15-9-3-8-14-11-5-6-11/h2,4,7,11,14H,3,5-6,8-9H2,1H3. The lowest BCUT2D eigenvalue weighted by molar-refractivity contribution is 0.304. The molecule has 1 N–H and O–H groups in total. The van der Waals surface area contributed by atoms with Gasteiger partial charge in [0.2, 0.25) is 0 Å². The average molecular weight is 206 g/mol. The van der Waals surface area contributed by atoms with E-state index in [-0.39, 0.29) is 0 Å². The molecular weight excluding hydrogens is 188 g/mol.